The number of aliphatic hydroxyl groups excluding tert-OH is 1. The number of rotatable bonds is 6. The zero-order valence-corrected chi connectivity index (χ0v) is 18.9. The second-order valence-electron chi connectivity index (χ2n) is 9.25. The van der Waals surface area contributed by atoms with E-state index in [-0.39, 0.29) is 18.4 Å². The molecule has 1 aliphatic carbocycles. The summed E-state index contributed by atoms with van der Waals surface area (Å²) < 4.78 is 12.1. The van der Waals surface area contributed by atoms with Gasteiger partial charge in [0.1, 0.15) is 0 Å². The van der Waals surface area contributed by atoms with E-state index in [2.05, 4.69) is 42.5 Å². The number of carbonyl (C=O) groups excluding carboxylic acids is 1. The van der Waals surface area contributed by atoms with E-state index in [1.165, 1.54) is 27.8 Å². The lowest BCUT2D eigenvalue weighted by atomic mass is 9.90. The Morgan fingerprint density at radius 2 is 1.74 bits per heavy atom. The second kappa shape index (κ2) is 8.75. The molecule has 34 heavy (non-hydrogen) atoms. The Labute approximate surface area is 199 Å². The molecular formula is C29H27NO4. The van der Waals surface area contributed by atoms with Gasteiger partial charge >= 0.3 is 0 Å². The second-order valence-corrected chi connectivity index (χ2v) is 9.25. The molecule has 2 heterocycles. The molecule has 0 aromatic heterocycles. The van der Waals surface area contributed by atoms with E-state index < -0.39 is 6.29 Å². The van der Waals surface area contributed by atoms with Crippen LogP contribution in [0.5, 0.6) is 0 Å². The highest BCUT2D eigenvalue weighted by Crippen LogP contribution is 2.40. The zero-order chi connectivity index (χ0) is 23.1. The SMILES string of the molecule is O=C(C1=C[C@H](c2ccc3c(c2)Cc2ccccc2-3)C[C@H](OCc2ccc(CO)cc2)O1)N1CC1. The summed E-state index contributed by atoms with van der Waals surface area (Å²) in [7, 11) is 0. The standard InChI is InChI=1S/C29H27NO4/c31-17-19-5-7-20(8-6-19)18-33-28-16-23(15-27(34-28)29(32)30-11-12-30)21-9-10-26-24(13-21)14-22-3-1-2-4-25(22)26/h1-10,13,15,23,28,31H,11-12,14,16-18H2/t23-,28+/m0/s1. The van der Waals surface area contributed by atoms with Crippen LogP contribution in [0.3, 0.4) is 0 Å². The maximum Gasteiger partial charge on any atom is 0.288 e. The molecule has 0 radical (unpaired) electrons. The Hall–Kier alpha value is -3.41. The van der Waals surface area contributed by atoms with Gasteiger partial charge in [-0.3, -0.25) is 4.79 Å². The van der Waals surface area contributed by atoms with E-state index in [1.54, 1.807) is 4.90 Å². The number of carbonyl (C=O) groups is 1. The number of fused-ring (bicyclic) bond motifs is 3. The van der Waals surface area contributed by atoms with Crippen LogP contribution in [-0.2, 0) is 33.9 Å². The largest absolute Gasteiger partial charge is 0.459 e. The number of hydrogen-bond acceptors (Lipinski definition) is 4. The molecule has 172 valence electrons. The Kier molecular flexibility index (Phi) is 5.44. The van der Waals surface area contributed by atoms with Crippen molar-refractivity contribution in [2.45, 2.75) is 38.3 Å². The van der Waals surface area contributed by atoms with Gasteiger partial charge < -0.3 is 19.5 Å². The van der Waals surface area contributed by atoms with Gasteiger partial charge in [0, 0.05) is 25.4 Å². The first-order valence-electron chi connectivity index (χ1n) is 11.9. The van der Waals surface area contributed by atoms with Gasteiger partial charge in [-0.25, -0.2) is 0 Å². The van der Waals surface area contributed by atoms with Crippen LogP contribution >= 0.6 is 0 Å². The lowest BCUT2D eigenvalue weighted by Crippen LogP contribution is -2.29. The van der Waals surface area contributed by atoms with Crippen molar-refractivity contribution in [2.24, 2.45) is 0 Å². The molecule has 1 N–H and O–H groups in total. The molecule has 3 aliphatic rings. The Morgan fingerprint density at radius 1 is 0.971 bits per heavy atom. The van der Waals surface area contributed by atoms with E-state index in [0.717, 1.165) is 30.6 Å². The average Bonchev–Trinajstić information content (AvgIpc) is 3.67. The highest BCUT2D eigenvalue weighted by molar-refractivity contribution is 5.93. The number of nitrogens with zero attached hydrogens (tertiary/aromatic N) is 1. The first kappa shape index (κ1) is 21.1. The van der Waals surface area contributed by atoms with Gasteiger partial charge in [0.15, 0.2) is 5.76 Å². The molecule has 0 unspecified atom stereocenters. The molecular weight excluding hydrogens is 426 g/mol. The Bertz CT molecular complexity index is 1260. The van der Waals surface area contributed by atoms with Crippen LogP contribution in [0.2, 0.25) is 0 Å². The first-order chi connectivity index (χ1) is 16.7. The molecule has 0 spiro atoms. The molecule has 3 aromatic carbocycles. The summed E-state index contributed by atoms with van der Waals surface area (Å²) in [5, 5.41) is 9.25. The summed E-state index contributed by atoms with van der Waals surface area (Å²) >= 11 is 0. The van der Waals surface area contributed by atoms with Crippen molar-refractivity contribution in [3.8, 4) is 11.1 Å². The summed E-state index contributed by atoms with van der Waals surface area (Å²) in [4.78, 5) is 14.6. The number of hydrogen-bond donors (Lipinski definition) is 1. The third kappa shape index (κ3) is 4.13. The smallest absolute Gasteiger partial charge is 0.288 e. The summed E-state index contributed by atoms with van der Waals surface area (Å²) in [6, 6.07) is 22.9. The van der Waals surface area contributed by atoms with E-state index in [0.29, 0.717) is 18.8 Å². The predicted molar refractivity (Wildman–Crippen MR) is 129 cm³/mol. The normalized spacial score (nSPS) is 20.3. The van der Waals surface area contributed by atoms with E-state index in [1.807, 2.05) is 30.3 Å². The average molecular weight is 454 g/mol. The van der Waals surface area contributed by atoms with E-state index >= 15 is 0 Å². The summed E-state index contributed by atoms with van der Waals surface area (Å²) in [5.41, 5.74) is 8.37. The van der Waals surface area contributed by atoms with Crippen molar-refractivity contribution in [2.75, 3.05) is 13.1 Å². The Balaban J connectivity index is 1.23. The van der Waals surface area contributed by atoms with Gasteiger partial charge in [-0.1, -0.05) is 66.7 Å². The lowest BCUT2D eigenvalue weighted by Gasteiger charge is -2.29. The van der Waals surface area contributed by atoms with Crippen molar-refractivity contribution in [1.82, 2.24) is 4.90 Å². The van der Waals surface area contributed by atoms with Crippen LogP contribution in [0.1, 0.15) is 40.2 Å². The lowest BCUT2D eigenvalue weighted by molar-refractivity contribution is -0.152. The number of amides is 1. The third-order valence-corrected chi connectivity index (χ3v) is 6.89. The Morgan fingerprint density at radius 3 is 2.53 bits per heavy atom. The summed E-state index contributed by atoms with van der Waals surface area (Å²) in [6.07, 6.45) is 3.06. The third-order valence-electron chi connectivity index (χ3n) is 6.89. The summed E-state index contributed by atoms with van der Waals surface area (Å²) in [6.45, 7) is 1.97. The minimum atomic E-state index is -0.503. The van der Waals surface area contributed by atoms with E-state index in [4.69, 9.17) is 9.47 Å². The number of ether oxygens (including phenoxy) is 2. The van der Waals surface area contributed by atoms with Gasteiger partial charge in [-0.05, 0) is 51.4 Å². The van der Waals surface area contributed by atoms with Gasteiger partial charge in [0.05, 0.1) is 13.2 Å². The fourth-order valence-electron chi connectivity index (χ4n) is 4.88. The molecule has 1 fully saturated rings. The van der Waals surface area contributed by atoms with Crippen LogP contribution in [0.25, 0.3) is 11.1 Å². The number of aliphatic hydroxyl groups is 1. The minimum absolute atomic E-state index is 0.0210. The van der Waals surface area contributed by atoms with Crippen LogP contribution in [0.4, 0.5) is 0 Å². The van der Waals surface area contributed by atoms with Crippen LogP contribution < -0.4 is 0 Å². The van der Waals surface area contributed by atoms with Crippen molar-refractivity contribution >= 4 is 5.91 Å². The number of allylic oxidation sites excluding steroid dienone is 1. The summed E-state index contributed by atoms with van der Waals surface area (Å²) in [5.74, 6) is 0.376. The van der Waals surface area contributed by atoms with Crippen LogP contribution in [0, 0.1) is 0 Å². The van der Waals surface area contributed by atoms with Crippen molar-refractivity contribution in [3.05, 3.63) is 106 Å². The number of benzene rings is 3. The fraction of sp³-hybridized carbons (Fsp3) is 0.276. The van der Waals surface area contributed by atoms with Crippen LogP contribution in [-0.4, -0.2) is 35.3 Å². The van der Waals surface area contributed by atoms with Crippen molar-refractivity contribution < 1.29 is 19.4 Å². The monoisotopic (exact) mass is 453 g/mol. The maximum atomic E-state index is 12.8. The maximum absolute atomic E-state index is 12.8. The molecule has 6 rings (SSSR count). The molecule has 5 nitrogen and oxygen atoms in total. The zero-order valence-electron chi connectivity index (χ0n) is 18.9. The molecule has 1 amide bonds. The first-order valence-corrected chi connectivity index (χ1v) is 11.9. The van der Waals surface area contributed by atoms with E-state index in [9.17, 15) is 9.90 Å². The molecule has 5 heteroatoms. The molecule has 2 atom stereocenters. The van der Waals surface area contributed by atoms with Gasteiger partial charge in [0.2, 0.25) is 6.29 Å². The van der Waals surface area contributed by atoms with Crippen molar-refractivity contribution in [3.63, 3.8) is 0 Å². The molecule has 0 saturated carbocycles. The fourth-order valence-corrected chi connectivity index (χ4v) is 4.88. The topological polar surface area (TPSA) is 58.8 Å². The van der Waals surface area contributed by atoms with Crippen molar-refractivity contribution in [1.29, 1.82) is 0 Å². The molecule has 1 saturated heterocycles. The molecule has 0 bridgehead atoms. The van der Waals surface area contributed by atoms with Gasteiger partial charge in [-0.2, -0.15) is 0 Å². The minimum Gasteiger partial charge on any atom is -0.459 e. The van der Waals surface area contributed by atoms with Crippen LogP contribution in [0.15, 0.2) is 78.6 Å². The van der Waals surface area contributed by atoms with Gasteiger partial charge in [-0.15, -0.1) is 0 Å². The molecule has 3 aromatic rings. The van der Waals surface area contributed by atoms with Gasteiger partial charge in [0.25, 0.3) is 5.91 Å². The highest BCUT2D eigenvalue weighted by atomic mass is 16.7. The quantitative estimate of drug-likeness (QED) is 0.436. The predicted octanol–water partition coefficient (Wildman–Crippen LogP) is 4.52. The molecule has 2 aliphatic heterocycles. The highest BCUT2D eigenvalue weighted by Gasteiger charge is 2.34.